The first-order chi connectivity index (χ1) is 7.11. The fourth-order valence-corrected chi connectivity index (χ4v) is 1.70. The molecule has 4 nitrogen and oxygen atoms in total. The van der Waals surface area contributed by atoms with Crippen molar-refractivity contribution in [3.05, 3.63) is 56.9 Å². The van der Waals surface area contributed by atoms with Gasteiger partial charge in [-0.25, -0.2) is 9.36 Å². The lowest BCUT2D eigenvalue weighted by Crippen LogP contribution is -2.41. The third-order valence-electron chi connectivity index (χ3n) is 2.48. The van der Waals surface area contributed by atoms with E-state index >= 15 is 0 Å². The number of hydrogen-bond acceptors (Lipinski definition) is 2. The molecular formula is C11H12N2O2. The fourth-order valence-electron chi connectivity index (χ4n) is 1.70. The normalized spacial score (nSPS) is 15.1. The van der Waals surface area contributed by atoms with Crippen molar-refractivity contribution < 1.29 is 0 Å². The molecule has 0 aromatic carbocycles. The maximum atomic E-state index is 11.8. The van der Waals surface area contributed by atoms with Crippen LogP contribution in [0.4, 0.5) is 0 Å². The van der Waals surface area contributed by atoms with E-state index < -0.39 is 0 Å². The number of aryl methyl sites for hydroxylation is 2. The molecule has 4 heteroatoms. The van der Waals surface area contributed by atoms with E-state index in [0.717, 1.165) is 0 Å². The maximum Gasteiger partial charge on any atom is 0.331 e. The average Bonchev–Trinajstić information content (AvgIpc) is 2.69. The Hall–Kier alpha value is -1.84. The second kappa shape index (κ2) is 3.38. The van der Waals surface area contributed by atoms with Gasteiger partial charge in [-0.3, -0.25) is 4.79 Å². The maximum absolute atomic E-state index is 11.8. The van der Waals surface area contributed by atoms with Gasteiger partial charge in [0.25, 0.3) is 5.56 Å². The number of aromatic nitrogens is 2. The molecule has 0 fully saturated rings. The van der Waals surface area contributed by atoms with E-state index in [4.69, 9.17) is 0 Å². The van der Waals surface area contributed by atoms with Crippen molar-refractivity contribution >= 4 is 0 Å². The minimum atomic E-state index is -0.285. The Morgan fingerprint density at radius 3 is 2.40 bits per heavy atom. The Bertz CT molecular complexity index is 515. The first-order valence-corrected chi connectivity index (χ1v) is 4.75. The highest BCUT2D eigenvalue weighted by Gasteiger charge is 2.14. The van der Waals surface area contributed by atoms with Crippen LogP contribution < -0.4 is 11.2 Å². The summed E-state index contributed by atoms with van der Waals surface area (Å²) < 4.78 is 2.69. The lowest BCUT2D eigenvalue weighted by atomic mass is 10.3. The van der Waals surface area contributed by atoms with Crippen molar-refractivity contribution in [3.63, 3.8) is 0 Å². The number of hydrogen-bond donors (Lipinski definition) is 0. The topological polar surface area (TPSA) is 44.0 Å². The van der Waals surface area contributed by atoms with Gasteiger partial charge in [0.2, 0.25) is 0 Å². The van der Waals surface area contributed by atoms with E-state index in [-0.39, 0.29) is 17.3 Å². The Kier molecular flexibility index (Phi) is 2.19. The minimum absolute atomic E-state index is 0.223. The van der Waals surface area contributed by atoms with Crippen molar-refractivity contribution in [1.82, 2.24) is 9.13 Å². The molecule has 1 heterocycles. The summed E-state index contributed by atoms with van der Waals surface area (Å²) in [5.41, 5.74) is 0.0666. The van der Waals surface area contributed by atoms with Crippen molar-refractivity contribution in [3.8, 4) is 0 Å². The number of rotatable bonds is 1. The summed E-state index contributed by atoms with van der Waals surface area (Å²) in [5.74, 6) is 0. The molecule has 0 aliphatic heterocycles. The van der Waals surface area contributed by atoms with Crippen LogP contribution >= 0.6 is 0 Å². The fraction of sp³-hybridized carbons (Fsp3) is 0.273. The van der Waals surface area contributed by atoms with Gasteiger partial charge in [0.15, 0.2) is 0 Å². The predicted molar refractivity (Wildman–Crippen MR) is 58.0 cm³/mol. The first-order valence-electron chi connectivity index (χ1n) is 4.75. The van der Waals surface area contributed by atoms with Gasteiger partial charge < -0.3 is 4.57 Å². The van der Waals surface area contributed by atoms with Crippen molar-refractivity contribution in [2.24, 2.45) is 7.05 Å². The van der Waals surface area contributed by atoms with Gasteiger partial charge >= 0.3 is 5.69 Å². The van der Waals surface area contributed by atoms with Crippen LogP contribution in [0, 0.1) is 6.92 Å². The third-order valence-corrected chi connectivity index (χ3v) is 2.48. The van der Waals surface area contributed by atoms with Crippen LogP contribution in [0.5, 0.6) is 0 Å². The molecule has 0 saturated heterocycles. The van der Waals surface area contributed by atoms with E-state index in [1.54, 1.807) is 20.2 Å². The summed E-state index contributed by atoms with van der Waals surface area (Å²) in [6.07, 6.45) is 8.87. The highest BCUT2D eigenvalue weighted by molar-refractivity contribution is 5.21. The lowest BCUT2D eigenvalue weighted by molar-refractivity contribution is 0.596. The number of allylic oxidation sites excluding steroid dienone is 4. The zero-order chi connectivity index (χ0) is 11.0. The summed E-state index contributed by atoms with van der Waals surface area (Å²) in [4.78, 5) is 23.6. The molecule has 1 aliphatic rings. The molecular weight excluding hydrogens is 192 g/mol. The van der Waals surface area contributed by atoms with Crippen molar-refractivity contribution in [2.75, 3.05) is 0 Å². The molecule has 0 spiro atoms. The van der Waals surface area contributed by atoms with Crippen molar-refractivity contribution in [1.29, 1.82) is 0 Å². The predicted octanol–water partition coefficient (Wildman–Crippen LogP) is 0.523. The SMILES string of the molecule is Cc1cn(C)c(=O)n(C2C=CC=C2)c1=O. The van der Waals surface area contributed by atoms with Gasteiger partial charge in [-0.05, 0) is 6.92 Å². The van der Waals surface area contributed by atoms with Gasteiger partial charge in [-0.2, -0.15) is 0 Å². The Morgan fingerprint density at radius 2 is 1.80 bits per heavy atom. The molecule has 1 aromatic heterocycles. The third kappa shape index (κ3) is 1.48. The van der Waals surface area contributed by atoms with Crippen molar-refractivity contribution in [2.45, 2.75) is 13.0 Å². The van der Waals surface area contributed by atoms with E-state index in [1.165, 1.54) is 9.13 Å². The molecule has 0 bridgehead atoms. The molecule has 0 atom stereocenters. The number of nitrogens with zero attached hydrogens (tertiary/aromatic N) is 2. The molecule has 1 aliphatic carbocycles. The van der Waals surface area contributed by atoms with Crippen LogP contribution in [-0.2, 0) is 7.05 Å². The summed E-state index contributed by atoms with van der Waals surface area (Å²) in [6.45, 7) is 1.71. The second-order valence-electron chi connectivity index (χ2n) is 3.64. The Labute approximate surface area is 86.8 Å². The van der Waals surface area contributed by atoms with E-state index in [1.807, 2.05) is 24.3 Å². The average molecular weight is 204 g/mol. The summed E-state index contributed by atoms with van der Waals surface area (Å²) in [7, 11) is 1.65. The van der Waals surface area contributed by atoms with E-state index in [9.17, 15) is 9.59 Å². The van der Waals surface area contributed by atoms with Gasteiger partial charge in [-0.1, -0.05) is 24.3 Å². The van der Waals surface area contributed by atoms with Crippen LogP contribution in [0.1, 0.15) is 11.6 Å². The largest absolute Gasteiger partial charge is 0.331 e. The zero-order valence-electron chi connectivity index (χ0n) is 8.68. The molecule has 1 aromatic rings. The van der Waals surface area contributed by atoms with Crippen LogP contribution in [0.15, 0.2) is 40.1 Å². The Morgan fingerprint density at radius 1 is 1.20 bits per heavy atom. The highest BCUT2D eigenvalue weighted by Crippen LogP contribution is 2.11. The van der Waals surface area contributed by atoms with E-state index in [0.29, 0.717) is 5.56 Å². The molecule has 0 radical (unpaired) electrons. The smallest absolute Gasteiger partial charge is 0.303 e. The molecule has 15 heavy (non-hydrogen) atoms. The molecule has 78 valence electrons. The minimum Gasteiger partial charge on any atom is -0.303 e. The molecule has 0 unspecified atom stereocenters. The van der Waals surface area contributed by atoms with Crippen LogP contribution in [-0.4, -0.2) is 9.13 Å². The molecule has 0 saturated carbocycles. The zero-order valence-corrected chi connectivity index (χ0v) is 8.68. The second-order valence-corrected chi connectivity index (χ2v) is 3.64. The monoisotopic (exact) mass is 204 g/mol. The lowest BCUT2D eigenvalue weighted by Gasteiger charge is -2.11. The molecule has 2 rings (SSSR count). The summed E-state index contributed by atoms with van der Waals surface area (Å²) in [6, 6.07) is -0.240. The highest BCUT2D eigenvalue weighted by atomic mass is 16.2. The van der Waals surface area contributed by atoms with Gasteiger partial charge in [-0.15, -0.1) is 0 Å². The van der Waals surface area contributed by atoms with Gasteiger partial charge in [0.05, 0.1) is 6.04 Å². The first kappa shape index (κ1) is 9.71. The molecule has 0 N–H and O–H groups in total. The van der Waals surface area contributed by atoms with Gasteiger partial charge in [0.1, 0.15) is 0 Å². The molecule has 0 amide bonds. The van der Waals surface area contributed by atoms with E-state index in [2.05, 4.69) is 0 Å². The van der Waals surface area contributed by atoms with Crippen LogP contribution in [0.2, 0.25) is 0 Å². The quantitative estimate of drug-likeness (QED) is 0.669. The van der Waals surface area contributed by atoms with Gasteiger partial charge in [0, 0.05) is 18.8 Å². The Balaban J connectivity index is 2.75. The summed E-state index contributed by atoms with van der Waals surface area (Å²) in [5, 5.41) is 0. The van der Waals surface area contributed by atoms with Crippen LogP contribution in [0.25, 0.3) is 0 Å². The summed E-state index contributed by atoms with van der Waals surface area (Å²) >= 11 is 0. The standard InChI is InChI=1S/C11H12N2O2/c1-8-7-12(2)11(15)13(10(8)14)9-5-3-4-6-9/h3-7,9H,1-2H3. The van der Waals surface area contributed by atoms with Crippen LogP contribution in [0.3, 0.4) is 0 Å².